The van der Waals surface area contributed by atoms with Crippen molar-refractivity contribution in [1.82, 2.24) is 9.97 Å². The zero-order valence-electron chi connectivity index (χ0n) is 10.3. The van der Waals surface area contributed by atoms with Crippen LogP contribution in [0.5, 0.6) is 0 Å². The fraction of sp³-hybridized carbons (Fsp3) is 0.583. The van der Waals surface area contributed by atoms with Crippen LogP contribution in [-0.2, 0) is 0 Å². The van der Waals surface area contributed by atoms with Crippen LogP contribution < -0.4 is 4.90 Å². The van der Waals surface area contributed by atoms with E-state index in [1.165, 1.54) is 26.4 Å². The molecule has 4 nitrogen and oxygen atoms in total. The van der Waals surface area contributed by atoms with E-state index in [9.17, 15) is 8.78 Å². The van der Waals surface area contributed by atoms with Crippen LogP contribution in [0.3, 0.4) is 0 Å². The molecule has 18 heavy (non-hydrogen) atoms. The van der Waals surface area contributed by atoms with E-state index in [1.807, 2.05) is 6.07 Å². The van der Waals surface area contributed by atoms with Crippen LogP contribution in [-0.4, -0.2) is 29.0 Å². The normalized spacial score (nSPS) is 26.7. The SMILES string of the molecule is C[C@@H]1CN(c2ncncc2C#N)C[C@H](C)C1(F)F. The Labute approximate surface area is 104 Å². The summed E-state index contributed by atoms with van der Waals surface area (Å²) in [5.41, 5.74) is 0.321. The number of piperidine rings is 1. The number of halogens is 2. The molecule has 0 spiro atoms. The van der Waals surface area contributed by atoms with Gasteiger partial charge in [-0.2, -0.15) is 5.26 Å². The molecule has 2 atom stereocenters. The lowest BCUT2D eigenvalue weighted by Gasteiger charge is -2.41. The second-order valence-corrected chi connectivity index (χ2v) is 4.75. The van der Waals surface area contributed by atoms with E-state index in [-0.39, 0.29) is 13.1 Å². The highest BCUT2D eigenvalue weighted by molar-refractivity contribution is 5.52. The van der Waals surface area contributed by atoms with Crippen molar-refractivity contribution in [2.24, 2.45) is 11.8 Å². The molecular formula is C12H14F2N4. The molecule has 0 saturated carbocycles. The average molecular weight is 252 g/mol. The molecule has 1 aliphatic heterocycles. The molecule has 0 N–H and O–H groups in total. The van der Waals surface area contributed by atoms with E-state index in [1.54, 1.807) is 4.90 Å². The number of rotatable bonds is 1. The lowest BCUT2D eigenvalue weighted by Crippen LogP contribution is -2.52. The van der Waals surface area contributed by atoms with Crippen LogP contribution in [0.25, 0.3) is 0 Å². The van der Waals surface area contributed by atoms with Gasteiger partial charge in [-0.1, -0.05) is 13.8 Å². The molecule has 1 aromatic rings. The molecule has 1 aliphatic rings. The quantitative estimate of drug-likeness (QED) is 0.767. The van der Waals surface area contributed by atoms with Crippen LogP contribution in [0.1, 0.15) is 19.4 Å². The van der Waals surface area contributed by atoms with Crippen LogP contribution in [0, 0.1) is 23.2 Å². The molecule has 96 valence electrons. The predicted molar refractivity (Wildman–Crippen MR) is 62.2 cm³/mol. The van der Waals surface area contributed by atoms with Crippen molar-refractivity contribution in [3.05, 3.63) is 18.1 Å². The Morgan fingerprint density at radius 3 is 2.56 bits per heavy atom. The minimum Gasteiger partial charge on any atom is -0.354 e. The first-order valence-corrected chi connectivity index (χ1v) is 5.79. The average Bonchev–Trinajstić information content (AvgIpc) is 2.36. The summed E-state index contributed by atoms with van der Waals surface area (Å²) in [5, 5.41) is 8.98. The Balaban J connectivity index is 2.29. The van der Waals surface area contributed by atoms with Gasteiger partial charge in [0, 0.05) is 24.9 Å². The van der Waals surface area contributed by atoms with Crippen LogP contribution in [0.4, 0.5) is 14.6 Å². The van der Waals surface area contributed by atoms with E-state index >= 15 is 0 Å². The second-order valence-electron chi connectivity index (χ2n) is 4.75. The summed E-state index contributed by atoms with van der Waals surface area (Å²) >= 11 is 0. The summed E-state index contributed by atoms with van der Waals surface area (Å²) in [4.78, 5) is 9.55. The number of nitriles is 1. The zero-order valence-corrected chi connectivity index (χ0v) is 10.3. The monoisotopic (exact) mass is 252 g/mol. The van der Waals surface area contributed by atoms with Gasteiger partial charge in [0.15, 0.2) is 0 Å². The topological polar surface area (TPSA) is 52.8 Å². The standard InChI is InChI=1S/C12H14F2N4/c1-8-5-18(6-9(2)12(8,13)14)11-10(3-15)4-16-7-17-11/h4,7-9H,5-6H2,1-2H3/t8-,9+. The smallest absolute Gasteiger partial charge is 0.256 e. The molecule has 2 heterocycles. The van der Waals surface area contributed by atoms with Gasteiger partial charge in [0.05, 0.1) is 6.20 Å². The summed E-state index contributed by atoms with van der Waals surface area (Å²) in [7, 11) is 0. The number of alkyl halides is 2. The van der Waals surface area contributed by atoms with Crippen LogP contribution >= 0.6 is 0 Å². The van der Waals surface area contributed by atoms with Gasteiger partial charge >= 0.3 is 0 Å². The van der Waals surface area contributed by atoms with Crippen molar-refractivity contribution in [3.63, 3.8) is 0 Å². The molecular weight excluding hydrogens is 238 g/mol. The maximum atomic E-state index is 13.7. The fourth-order valence-electron chi connectivity index (χ4n) is 2.29. The van der Waals surface area contributed by atoms with Crippen molar-refractivity contribution < 1.29 is 8.78 Å². The third-order valence-electron chi connectivity index (χ3n) is 3.41. The van der Waals surface area contributed by atoms with Gasteiger partial charge in [0.2, 0.25) is 0 Å². The molecule has 0 aromatic carbocycles. The number of anilines is 1. The molecule has 0 bridgehead atoms. The highest BCUT2D eigenvalue weighted by Crippen LogP contribution is 2.38. The lowest BCUT2D eigenvalue weighted by molar-refractivity contribution is -0.105. The number of nitrogens with zero attached hydrogens (tertiary/aromatic N) is 4. The van der Waals surface area contributed by atoms with Crippen molar-refractivity contribution >= 4 is 5.82 Å². The van der Waals surface area contributed by atoms with Gasteiger partial charge in [0.1, 0.15) is 23.8 Å². The summed E-state index contributed by atoms with van der Waals surface area (Å²) in [6.45, 7) is 3.44. The summed E-state index contributed by atoms with van der Waals surface area (Å²) in [6.07, 6.45) is 2.74. The van der Waals surface area contributed by atoms with Crippen LogP contribution in [0.2, 0.25) is 0 Å². The summed E-state index contributed by atoms with van der Waals surface area (Å²) in [5.74, 6) is -3.75. The molecule has 2 rings (SSSR count). The summed E-state index contributed by atoms with van der Waals surface area (Å²) in [6, 6.07) is 1.99. The third kappa shape index (κ3) is 2.01. The van der Waals surface area contributed by atoms with Gasteiger partial charge in [-0.15, -0.1) is 0 Å². The highest BCUT2D eigenvalue weighted by atomic mass is 19.3. The van der Waals surface area contributed by atoms with Crippen molar-refractivity contribution in [1.29, 1.82) is 5.26 Å². The van der Waals surface area contributed by atoms with E-state index < -0.39 is 17.8 Å². The first kappa shape index (κ1) is 12.7. The Kier molecular flexibility index (Phi) is 3.16. The highest BCUT2D eigenvalue weighted by Gasteiger charge is 2.47. The van der Waals surface area contributed by atoms with Gasteiger partial charge in [-0.3, -0.25) is 0 Å². The van der Waals surface area contributed by atoms with Gasteiger partial charge < -0.3 is 4.90 Å². The Morgan fingerprint density at radius 2 is 2.00 bits per heavy atom. The van der Waals surface area contributed by atoms with Crippen molar-refractivity contribution in [2.75, 3.05) is 18.0 Å². The van der Waals surface area contributed by atoms with Crippen molar-refractivity contribution in [3.8, 4) is 6.07 Å². The van der Waals surface area contributed by atoms with Gasteiger partial charge in [0.25, 0.3) is 5.92 Å². The lowest BCUT2D eigenvalue weighted by atomic mass is 9.87. The molecule has 1 aromatic heterocycles. The Bertz CT molecular complexity index is 469. The van der Waals surface area contributed by atoms with Crippen LogP contribution in [0.15, 0.2) is 12.5 Å². The molecule has 6 heteroatoms. The van der Waals surface area contributed by atoms with Gasteiger partial charge in [-0.25, -0.2) is 18.7 Å². The van der Waals surface area contributed by atoms with E-state index in [0.29, 0.717) is 11.4 Å². The molecule has 1 saturated heterocycles. The molecule has 0 radical (unpaired) electrons. The second kappa shape index (κ2) is 4.48. The van der Waals surface area contributed by atoms with Gasteiger partial charge in [-0.05, 0) is 0 Å². The van der Waals surface area contributed by atoms with E-state index in [0.717, 1.165) is 0 Å². The minimum absolute atomic E-state index is 0.197. The maximum absolute atomic E-state index is 13.7. The first-order chi connectivity index (χ1) is 8.46. The van der Waals surface area contributed by atoms with Crippen molar-refractivity contribution in [2.45, 2.75) is 19.8 Å². The predicted octanol–water partition coefficient (Wildman–Crippen LogP) is 2.08. The Morgan fingerprint density at radius 1 is 1.39 bits per heavy atom. The molecule has 1 fully saturated rings. The molecule has 0 unspecified atom stereocenters. The maximum Gasteiger partial charge on any atom is 0.256 e. The molecule has 0 amide bonds. The zero-order chi connectivity index (χ0) is 13.3. The largest absolute Gasteiger partial charge is 0.354 e. The first-order valence-electron chi connectivity index (χ1n) is 5.79. The van der Waals surface area contributed by atoms with E-state index in [2.05, 4.69) is 9.97 Å². The molecule has 0 aliphatic carbocycles. The number of hydrogen-bond acceptors (Lipinski definition) is 4. The number of aromatic nitrogens is 2. The fourth-order valence-corrected chi connectivity index (χ4v) is 2.29. The Hall–Kier alpha value is -1.77. The minimum atomic E-state index is -2.67. The summed E-state index contributed by atoms with van der Waals surface area (Å²) < 4.78 is 27.5. The van der Waals surface area contributed by atoms with E-state index in [4.69, 9.17) is 5.26 Å². The number of hydrogen-bond donors (Lipinski definition) is 0. The third-order valence-corrected chi connectivity index (χ3v) is 3.41.